The molecule has 2 rings (SSSR count). The Balaban J connectivity index is 2.42. The van der Waals surface area contributed by atoms with Crippen molar-refractivity contribution in [1.29, 1.82) is 0 Å². The van der Waals surface area contributed by atoms with Crippen molar-refractivity contribution in [2.24, 2.45) is 0 Å². The number of nitrogens with one attached hydrogen (secondary N) is 1. The summed E-state index contributed by atoms with van der Waals surface area (Å²) in [5, 5.41) is 8.92. The average molecular weight is 336 g/mol. The summed E-state index contributed by atoms with van der Waals surface area (Å²) in [4.78, 5) is -0.309. The van der Waals surface area contributed by atoms with E-state index in [2.05, 4.69) is 4.72 Å². The predicted octanol–water partition coefficient (Wildman–Crippen LogP) is 3.64. The quantitative estimate of drug-likeness (QED) is 0.841. The molecule has 0 spiro atoms. The molecule has 4 nitrogen and oxygen atoms in total. The Morgan fingerprint density at radius 2 is 1.65 bits per heavy atom. The number of hydrogen-bond donors (Lipinski definition) is 2. The van der Waals surface area contributed by atoms with Crippen molar-refractivity contribution in [2.45, 2.75) is 4.90 Å². The highest BCUT2D eigenvalue weighted by molar-refractivity contribution is 7.92. The van der Waals surface area contributed by atoms with Crippen molar-refractivity contribution in [3.05, 3.63) is 52.3 Å². The van der Waals surface area contributed by atoms with Gasteiger partial charge in [0.05, 0.1) is 15.7 Å². The third-order valence-corrected chi connectivity index (χ3v) is 4.37. The van der Waals surface area contributed by atoms with Crippen LogP contribution in [-0.2, 0) is 10.0 Å². The van der Waals surface area contributed by atoms with Crippen molar-refractivity contribution < 1.29 is 17.9 Å². The van der Waals surface area contributed by atoms with E-state index < -0.39 is 21.6 Å². The van der Waals surface area contributed by atoms with Gasteiger partial charge in [-0.15, -0.1) is 0 Å². The normalized spacial score (nSPS) is 11.3. The molecule has 0 radical (unpaired) electrons. The van der Waals surface area contributed by atoms with E-state index in [4.69, 9.17) is 23.2 Å². The van der Waals surface area contributed by atoms with Gasteiger partial charge >= 0.3 is 0 Å². The van der Waals surface area contributed by atoms with Crippen LogP contribution in [0.5, 0.6) is 5.75 Å². The second-order valence-corrected chi connectivity index (χ2v) is 6.29. The summed E-state index contributed by atoms with van der Waals surface area (Å²) in [5.41, 5.74) is -0.00958. The fourth-order valence-corrected chi connectivity index (χ4v) is 3.14. The van der Waals surface area contributed by atoms with Gasteiger partial charge in [-0.25, -0.2) is 12.8 Å². The summed E-state index contributed by atoms with van der Waals surface area (Å²) in [6.45, 7) is 0. The fraction of sp³-hybridized carbons (Fsp3) is 0. The molecule has 0 unspecified atom stereocenters. The van der Waals surface area contributed by atoms with Crippen LogP contribution in [0, 0.1) is 5.82 Å². The SMILES string of the molecule is O=S(=O)(Nc1cc(Cl)c(F)c(Cl)c1)c1ccccc1O. The highest BCUT2D eigenvalue weighted by Crippen LogP contribution is 2.30. The highest BCUT2D eigenvalue weighted by atomic mass is 35.5. The molecule has 0 bridgehead atoms. The lowest BCUT2D eigenvalue weighted by Crippen LogP contribution is -2.13. The number of phenols is 1. The molecule has 0 fully saturated rings. The second-order valence-electron chi connectivity index (χ2n) is 3.83. The minimum Gasteiger partial charge on any atom is -0.507 e. The maximum atomic E-state index is 13.2. The Morgan fingerprint density at radius 1 is 1.10 bits per heavy atom. The van der Waals surface area contributed by atoms with E-state index in [-0.39, 0.29) is 20.6 Å². The third kappa shape index (κ3) is 2.98. The van der Waals surface area contributed by atoms with Crippen LogP contribution in [0.1, 0.15) is 0 Å². The zero-order valence-corrected chi connectivity index (χ0v) is 12.1. The number of anilines is 1. The highest BCUT2D eigenvalue weighted by Gasteiger charge is 2.19. The van der Waals surface area contributed by atoms with Crippen LogP contribution in [0.15, 0.2) is 41.3 Å². The van der Waals surface area contributed by atoms with Crippen LogP contribution in [0.4, 0.5) is 10.1 Å². The summed E-state index contributed by atoms with van der Waals surface area (Å²) < 4.78 is 39.6. The van der Waals surface area contributed by atoms with Crippen molar-refractivity contribution in [2.75, 3.05) is 4.72 Å². The van der Waals surface area contributed by atoms with Crippen LogP contribution in [-0.4, -0.2) is 13.5 Å². The van der Waals surface area contributed by atoms with Crippen molar-refractivity contribution in [3.63, 3.8) is 0 Å². The molecule has 0 aromatic heterocycles. The summed E-state index contributed by atoms with van der Waals surface area (Å²) >= 11 is 11.2. The maximum Gasteiger partial charge on any atom is 0.265 e. The summed E-state index contributed by atoms with van der Waals surface area (Å²) in [6, 6.07) is 7.57. The van der Waals surface area contributed by atoms with Gasteiger partial charge in [-0.3, -0.25) is 4.72 Å². The molecule has 2 aromatic rings. The van der Waals surface area contributed by atoms with E-state index in [9.17, 15) is 17.9 Å². The van der Waals surface area contributed by atoms with Crippen molar-refractivity contribution >= 4 is 38.9 Å². The fourth-order valence-electron chi connectivity index (χ4n) is 1.51. The van der Waals surface area contributed by atoms with Crippen LogP contribution in [0.2, 0.25) is 10.0 Å². The number of para-hydroxylation sites is 1. The number of sulfonamides is 1. The molecule has 0 amide bonds. The molecule has 20 heavy (non-hydrogen) atoms. The standard InChI is InChI=1S/C12H8Cl2FNO3S/c13-8-5-7(6-9(14)12(8)15)16-20(18,19)11-4-2-1-3-10(11)17/h1-6,16-17H. The Labute approximate surface area is 124 Å². The van der Waals surface area contributed by atoms with E-state index in [1.54, 1.807) is 0 Å². The molecule has 2 aromatic carbocycles. The summed E-state index contributed by atoms with van der Waals surface area (Å²) in [5.74, 6) is -1.24. The number of halogens is 3. The maximum absolute atomic E-state index is 13.2. The van der Waals surface area contributed by atoms with E-state index in [0.717, 1.165) is 12.1 Å². The lowest BCUT2D eigenvalue weighted by atomic mass is 10.3. The zero-order valence-electron chi connectivity index (χ0n) is 9.77. The van der Waals surface area contributed by atoms with Crippen molar-refractivity contribution in [1.82, 2.24) is 0 Å². The third-order valence-electron chi connectivity index (χ3n) is 2.39. The first-order chi connectivity index (χ1) is 9.31. The largest absolute Gasteiger partial charge is 0.507 e. The minimum atomic E-state index is -4.03. The van der Waals surface area contributed by atoms with Gasteiger partial charge in [-0.1, -0.05) is 35.3 Å². The van der Waals surface area contributed by atoms with Gasteiger partial charge in [0.2, 0.25) is 0 Å². The minimum absolute atomic E-state index is 0.00958. The number of rotatable bonds is 3. The molecular weight excluding hydrogens is 328 g/mol. The van der Waals surface area contributed by atoms with Crippen LogP contribution < -0.4 is 4.72 Å². The first-order valence-corrected chi connectivity index (χ1v) is 7.50. The second kappa shape index (κ2) is 5.47. The molecule has 8 heteroatoms. The van der Waals surface area contributed by atoms with Gasteiger partial charge in [0.15, 0.2) is 5.82 Å². The van der Waals surface area contributed by atoms with E-state index >= 15 is 0 Å². The van der Waals surface area contributed by atoms with E-state index in [1.807, 2.05) is 0 Å². The van der Waals surface area contributed by atoms with Gasteiger partial charge in [0, 0.05) is 0 Å². The van der Waals surface area contributed by atoms with Gasteiger partial charge in [0.25, 0.3) is 10.0 Å². The molecule has 0 heterocycles. The molecule has 106 valence electrons. The van der Waals surface area contributed by atoms with Crippen LogP contribution >= 0.6 is 23.2 Å². The molecular formula is C12H8Cl2FNO3S. The molecule has 2 N–H and O–H groups in total. The van der Waals surface area contributed by atoms with Crippen LogP contribution in [0.25, 0.3) is 0 Å². The lowest BCUT2D eigenvalue weighted by molar-refractivity contribution is 0.459. The topological polar surface area (TPSA) is 66.4 Å². The van der Waals surface area contributed by atoms with Gasteiger partial charge in [-0.05, 0) is 24.3 Å². The lowest BCUT2D eigenvalue weighted by Gasteiger charge is -2.10. The monoisotopic (exact) mass is 335 g/mol. The van der Waals surface area contributed by atoms with E-state index in [0.29, 0.717) is 0 Å². The number of aromatic hydroxyl groups is 1. The van der Waals surface area contributed by atoms with Gasteiger partial charge in [0.1, 0.15) is 10.6 Å². The van der Waals surface area contributed by atoms with Crippen LogP contribution in [0.3, 0.4) is 0 Å². The molecule has 0 atom stereocenters. The Bertz CT molecular complexity index is 742. The predicted molar refractivity (Wildman–Crippen MR) is 75.3 cm³/mol. The first kappa shape index (κ1) is 14.9. The number of benzene rings is 2. The van der Waals surface area contributed by atoms with E-state index in [1.165, 1.54) is 24.3 Å². The molecule has 0 aliphatic rings. The van der Waals surface area contributed by atoms with Gasteiger partial charge in [-0.2, -0.15) is 0 Å². The molecule has 0 aliphatic carbocycles. The zero-order chi connectivity index (χ0) is 14.9. The Hall–Kier alpha value is -1.50. The number of phenolic OH excluding ortho intramolecular Hbond substituents is 1. The molecule has 0 aliphatic heterocycles. The first-order valence-electron chi connectivity index (χ1n) is 5.26. The smallest absolute Gasteiger partial charge is 0.265 e. The summed E-state index contributed by atoms with van der Waals surface area (Å²) in [6.07, 6.45) is 0. The average Bonchev–Trinajstić information content (AvgIpc) is 2.35. The van der Waals surface area contributed by atoms with Gasteiger partial charge < -0.3 is 5.11 Å². The molecule has 0 saturated heterocycles. The Kier molecular flexibility index (Phi) is 4.08. The molecule has 0 saturated carbocycles. The Morgan fingerprint density at radius 3 is 2.20 bits per heavy atom. The van der Waals surface area contributed by atoms with Crippen molar-refractivity contribution in [3.8, 4) is 5.75 Å². The number of hydrogen-bond acceptors (Lipinski definition) is 3. The summed E-state index contributed by atoms with van der Waals surface area (Å²) in [7, 11) is -4.03.